The highest BCUT2D eigenvalue weighted by Crippen LogP contribution is 2.26. The van der Waals surface area contributed by atoms with Crippen molar-refractivity contribution in [1.29, 1.82) is 0 Å². The van der Waals surface area contributed by atoms with Gasteiger partial charge in [-0.2, -0.15) is 0 Å². The van der Waals surface area contributed by atoms with Crippen LogP contribution < -0.4 is 0 Å². The summed E-state index contributed by atoms with van der Waals surface area (Å²) >= 11 is 0. The largest absolute Gasteiger partial charge is 0.235 e. The average Bonchev–Trinajstić information content (AvgIpc) is 2.15. The average molecular weight is 239 g/mol. The van der Waals surface area contributed by atoms with Crippen molar-refractivity contribution < 1.29 is 8.42 Å². The molecule has 0 aromatic rings. The van der Waals surface area contributed by atoms with Crippen molar-refractivity contribution in [3.63, 3.8) is 0 Å². The number of hydrogen-bond acceptors (Lipinski definition) is 2. The van der Waals surface area contributed by atoms with Crippen LogP contribution >= 0.6 is 10.7 Å². The van der Waals surface area contributed by atoms with Crippen LogP contribution in [0.15, 0.2) is 0 Å². The normalized spacial score (nSPS) is 31.6. The van der Waals surface area contributed by atoms with E-state index in [1.807, 2.05) is 0 Å². The molecule has 0 N–H and O–H groups in total. The summed E-state index contributed by atoms with van der Waals surface area (Å²) < 4.78 is 22.4. The molecule has 1 fully saturated rings. The van der Waals surface area contributed by atoms with Gasteiger partial charge in [-0.1, -0.05) is 39.0 Å². The van der Waals surface area contributed by atoms with Crippen LogP contribution in [-0.4, -0.2) is 13.7 Å². The van der Waals surface area contributed by atoms with Gasteiger partial charge in [0.05, 0.1) is 5.25 Å². The third-order valence-electron chi connectivity index (χ3n) is 3.09. The van der Waals surface area contributed by atoms with E-state index >= 15 is 0 Å². The van der Waals surface area contributed by atoms with Crippen LogP contribution in [-0.2, 0) is 9.05 Å². The van der Waals surface area contributed by atoms with Gasteiger partial charge >= 0.3 is 0 Å². The molecule has 14 heavy (non-hydrogen) atoms. The maximum atomic E-state index is 11.2. The van der Waals surface area contributed by atoms with E-state index in [0.29, 0.717) is 0 Å². The van der Waals surface area contributed by atoms with Crippen LogP contribution in [0, 0.1) is 5.92 Å². The number of rotatable bonds is 1. The quantitative estimate of drug-likeness (QED) is 0.657. The van der Waals surface area contributed by atoms with Crippen LogP contribution in [0.2, 0.25) is 0 Å². The monoisotopic (exact) mass is 238 g/mol. The maximum Gasteiger partial charge on any atom is 0.235 e. The molecule has 0 bridgehead atoms. The van der Waals surface area contributed by atoms with Crippen molar-refractivity contribution >= 4 is 19.7 Å². The fourth-order valence-corrected chi connectivity index (χ4v) is 3.56. The number of halogens is 1. The molecule has 4 heteroatoms. The SMILES string of the molecule is C[C@@H]1CCCCC(S(=O)(=O)Cl)CCC1. The predicted molar refractivity (Wildman–Crippen MR) is 60.0 cm³/mol. The van der Waals surface area contributed by atoms with Crippen LogP contribution in [0.3, 0.4) is 0 Å². The van der Waals surface area contributed by atoms with E-state index in [1.54, 1.807) is 0 Å². The number of hydrogen-bond donors (Lipinski definition) is 0. The summed E-state index contributed by atoms with van der Waals surface area (Å²) in [5.74, 6) is 0.742. The van der Waals surface area contributed by atoms with Crippen molar-refractivity contribution in [3.05, 3.63) is 0 Å². The minimum absolute atomic E-state index is 0.297. The molecule has 1 aliphatic rings. The summed E-state index contributed by atoms with van der Waals surface area (Å²) in [4.78, 5) is 0. The Labute approximate surface area is 91.5 Å². The lowest BCUT2D eigenvalue weighted by Crippen LogP contribution is -2.15. The van der Waals surface area contributed by atoms with E-state index < -0.39 is 9.05 Å². The summed E-state index contributed by atoms with van der Waals surface area (Å²) in [6, 6.07) is 0. The van der Waals surface area contributed by atoms with Crippen molar-refractivity contribution in [3.8, 4) is 0 Å². The molecular weight excluding hydrogens is 220 g/mol. The Hall–Kier alpha value is 0.240. The van der Waals surface area contributed by atoms with E-state index in [2.05, 4.69) is 6.92 Å². The summed E-state index contributed by atoms with van der Waals surface area (Å²) in [7, 11) is 2.07. The van der Waals surface area contributed by atoms with E-state index in [-0.39, 0.29) is 5.25 Å². The van der Waals surface area contributed by atoms with Crippen LogP contribution in [0.1, 0.15) is 51.9 Å². The molecule has 1 aliphatic carbocycles. The fraction of sp³-hybridized carbons (Fsp3) is 1.00. The van der Waals surface area contributed by atoms with Gasteiger partial charge in [0, 0.05) is 10.7 Å². The van der Waals surface area contributed by atoms with Gasteiger partial charge in [0.2, 0.25) is 9.05 Å². The third kappa shape index (κ3) is 4.18. The topological polar surface area (TPSA) is 34.1 Å². The van der Waals surface area contributed by atoms with Gasteiger partial charge in [-0.15, -0.1) is 0 Å². The van der Waals surface area contributed by atoms with Crippen molar-refractivity contribution in [2.24, 2.45) is 5.92 Å². The van der Waals surface area contributed by atoms with Gasteiger partial charge in [0.15, 0.2) is 0 Å². The van der Waals surface area contributed by atoms with Crippen molar-refractivity contribution in [1.82, 2.24) is 0 Å². The minimum Gasteiger partial charge on any atom is -0.212 e. The van der Waals surface area contributed by atoms with Crippen LogP contribution in [0.5, 0.6) is 0 Å². The second-order valence-corrected chi connectivity index (χ2v) is 7.33. The molecule has 0 spiro atoms. The highest BCUT2D eigenvalue weighted by Gasteiger charge is 2.23. The highest BCUT2D eigenvalue weighted by molar-refractivity contribution is 8.14. The highest BCUT2D eigenvalue weighted by atomic mass is 35.7. The third-order valence-corrected chi connectivity index (χ3v) is 5.12. The van der Waals surface area contributed by atoms with E-state index in [0.717, 1.165) is 44.4 Å². The zero-order valence-electron chi connectivity index (χ0n) is 8.71. The van der Waals surface area contributed by atoms with Crippen LogP contribution in [0.25, 0.3) is 0 Å². The van der Waals surface area contributed by atoms with Gasteiger partial charge in [0.1, 0.15) is 0 Å². The first-order valence-electron chi connectivity index (χ1n) is 5.43. The lowest BCUT2D eigenvalue weighted by molar-refractivity contribution is 0.464. The van der Waals surface area contributed by atoms with E-state index in [1.165, 1.54) is 6.42 Å². The van der Waals surface area contributed by atoms with Crippen molar-refractivity contribution in [2.75, 3.05) is 0 Å². The van der Waals surface area contributed by atoms with Crippen molar-refractivity contribution in [2.45, 2.75) is 57.1 Å². The first-order chi connectivity index (χ1) is 6.50. The molecule has 0 radical (unpaired) electrons. The second kappa shape index (κ2) is 5.36. The lowest BCUT2D eigenvalue weighted by atomic mass is 9.99. The molecular formula is C10H19ClO2S. The van der Waals surface area contributed by atoms with Gasteiger partial charge in [-0.3, -0.25) is 0 Å². The summed E-state index contributed by atoms with van der Waals surface area (Å²) in [5, 5.41) is -0.297. The first kappa shape index (κ1) is 12.3. The Morgan fingerprint density at radius 2 is 1.50 bits per heavy atom. The van der Waals surface area contributed by atoms with Gasteiger partial charge < -0.3 is 0 Å². The molecule has 0 heterocycles. The molecule has 2 nitrogen and oxygen atoms in total. The lowest BCUT2D eigenvalue weighted by Gasteiger charge is -2.11. The molecule has 0 aromatic heterocycles. The Morgan fingerprint density at radius 1 is 1.00 bits per heavy atom. The molecule has 0 amide bonds. The molecule has 1 saturated carbocycles. The zero-order valence-corrected chi connectivity index (χ0v) is 10.3. The Balaban J connectivity index is 2.54. The van der Waals surface area contributed by atoms with Gasteiger partial charge in [-0.25, -0.2) is 8.42 Å². The Bertz CT molecular complexity index is 261. The summed E-state index contributed by atoms with van der Waals surface area (Å²) in [6.07, 6.45) is 7.01. The maximum absolute atomic E-state index is 11.2. The molecule has 1 rings (SSSR count). The van der Waals surface area contributed by atoms with Gasteiger partial charge in [-0.05, 0) is 18.8 Å². The Kier molecular flexibility index (Phi) is 4.71. The Morgan fingerprint density at radius 3 is 2.14 bits per heavy atom. The molecule has 0 aliphatic heterocycles. The zero-order chi connectivity index (χ0) is 10.6. The fourth-order valence-electron chi connectivity index (χ4n) is 2.13. The molecule has 0 aromatic carbocycles. The molecule has 2 atom stereocenters. The predicted octanol–water partition coefficient (Wildman–Crippen LogP) is 3.30. The van der Waals surface area contributed by atoms with Gasteiger partial charge in [0.25, 0.3) is 0 Å². The van der Waals surface area contributed by atoms with E-state index in [9.17, 15) is 8.42 Å². The summed E-state index contributed by atoms with van der Waals surface area (Å²) in [6.45, 7) is 2.25. The standard InChI is InChI=1S/C10H19ClO2S/c1-9-5-2-3-7-10(8-4-6-9)14(11,12)13/h9-10H,2-8H2,1H3/t9-,10?/m1/s1. The molecule has 84 valence electrons. The molecule has 0 saturated heterocycles. The smallest absolute Gasteiger partial charge is 0.212 e. The second-order valence-electron chi connectivity index (χ2n) is 4.42. The van der Waals surface area contributed by atoms with E-state index in [4.69, 9.17) is 10.7 Å². The van der Waals surface area contributed by atoms with Crippen LogP contribution in [0.4, 0.5) is 0 Å². The minimum atomic E-state index is -3.33. The summed E-state index contributed by atoms with van der Waals surface area (Å²) in [5.41, 5.74) is 0. The first-order valence-corrected chi connectivity index (χ1v) is 7.81. The molecule has 1 unspecified atom stereocenters.